The lowest BCUT2D eigenvalue weighted by Crippen LogP contribution is -2.54. The Hall–Kier alpha value is -2.08. The van der Waals surface area contributed by atoms with E-state index in [0.717, 1.165) is 0 Å². The maximum atomic E-state index is 12.0. The molecule has 1 aliphatic heterocycles. The molecule has 0 saturated carbocycles. The zero-order valence-corrected chi connectivity index (χ0v) is 12.1. The van der Waals surface area contributed by atoms with E-state index in [4.69, 9.17) is 16.3 Å². The largest absolute Gasteiger partial charge is 0.479 e. The Morgan fingerprint density at radius 2 is 2.14 bits per heavy atom. The first-order chi connectivity index (χ1) is 9.97. The summed E-state index contributed by atoms with van der Waals surface area (Å²) in [6.07, 6.45) is -0.318. The average molecular weight is 311 g/mol. The fourth-order valence-corrected chi connectivity index (χ4v) is 2.08. The summed E-state index contributed by atoms with van der Waals surface area (Å²) in [6, 6.07) is 6.09. The van der Waals surface area contributed by atoms with Gasteiger partial charge in [-0.15, -0.1) is 0 Å². The van der Waals surface area contributed by atoms with E-state index in [9.17, 15) is 14.4 Å². The molecule has 0 bridgehead atoms. The third kappa shape index (κ3) is 3.95. The highest BCUT2D eigenvalue weighted by atomic mass is 35.5. The summed E-state index contributed by atoms with van der Waals surface area (Å²) in [6.45, 7) is 1.56. The molecule has 0 radical (unpaired) electrons. The van der Waals surface area contributed by atoms with Gasteiger partial charge in [0, 0.05) is 6.42 Å². The second-order valence-corrected chi connectivity index (χ2v) is 5.11. The Morgan fingerprint density at radius 1 is 1.43 bits per heavy atom. The van der Waals surface area contributed by atoms with Crippen LogP contribution in [0.1, 0.15) is 19.8 Å². The first kappa shape index (κ1) is 15.3. The third-order valence-corrected chi connectivity index (χ3v) is 3.38. The smallest absolute Gasteiger partial charge is 0.261 e. The normalized spacial score (nSPS) is 19.6. The van der Waals surface area contributed by atoms with E-state index in [0.29, 0.717) is 10.8 Å². The first-order valence-electron chi connectivity index (χ1n) is 6.52. The molecule has 2 N–H and O–H groups in total. The van der Waals surface area contributed by atoms with E-state index in [2.05, 4.69) is 10.6 Å². The van der Waals surface area contributed by atoms with E-state index < -0.39 is 24.0 Å². The van der Waals surface area contributed by atoms with Crippen LogP contribution in [0.25, 0.3) is 0 Å². The van der Waals surface area contributed by atoms with Crippen molar-refractivity contribution in [2.75, 3.05) is 0 Å². The molecule has 1 aromatic carbocycles. The van der Waals surface area contributed by atoms with Gasteiger partial charge in [-0.3, -0.25) is 19.7 Å². The number of hydrogen-bond acceptors (Lipinski definition) is 4. The minimum Gasteiger partial charge on any atom is -0.479 e. The van der Waals surface area contributed by atoms with Crippen LogP contribution >= 0.6 is 11.6 Å². The molecule has 1 fully saturated rings. The van der Waals surface area contributed by atoms with Crippen LogP contribution in [0.2, 0.25) is 5.02 Å². The molecule has 0 aromatic heterocycles. The summed E-state index contributed by atoms with van der Waals surface area (Å²) in [5.74, 6) is -0.870. The number of imide groups is 1. The summed E-state index contributed by atoms with van der Waals surface area (Å²) >= 11 is 5.95. The topological polar surface area (TPSA) is 84.5 Å². The monoisotopic (exact) mass is 310 g/mol. The average Bonchev–Trinajstić information content (AvgIpc) is 2.44. The Labute approximate surface area is 126 Å². The van der Waals surface area contributed by atoms with Gasteiger partial charge in [0.25, 0.3) is 5.91 Å². The van der Waals surface area contributed by atoms with E-state index >= 15 is 0 Å². The van der Waals surface area contributed by atoms with Crippen LogP contribution in [0.3, 0.4) is 0 Å². The Bertz CT molecular complexity index is 576. The molecule has 1 aromatic rings. The van der Waals surface area contributed by atoms with Crippen LogP contribution in [-0.2, 0) is 14.4 Å². The Kier molecular flexibility index (Phi) is 4.80. The van der Waals surface area contributed by atoms with Gasteiger partial charge < -0.3 is 10.1 Å². The first-order valence-corrected chi connectivity index (χ1v) is 6.90. The molecule has 1 aliphatic rings. The molecule has 1 heterocycles. The van der Waals surface area contributed by atoms with Gasteiger partial charge in [0.1, 0.15) is 11.8 Å². The van der Waals surface area contributed by atoms with Crippen LogP contribution < -0.4 is 15.4 Å². The lowest BCUT2D eigenvalue weighted by molar-refractivity contribution is -0.138. The van der Waals surface area contributed by atoms with Crippen molar-refractivity contribution in [3.8, 4) is 5.75 Å². The fourth-order valence-electron chi connectivity index (χ4n) is 1.90. The summed E-state index contributed by atoms with van der Waals surface area (Å²) in [5.41, 5.74) is 0. The third-order valence-electron chi connectivity index (χ3n) is 3.07. The van der Waals surface area contributed by atoms with Gasteiger partial charge in [-0.2, -0.15) is 0 Å². The molecule has 0 spiro atoms. The maximum absolute atomic E-state index is 12.0. The molecular formula is C14H15ClN2O4. The quantitative estimate of drug-likeness (QED) is 0.814. The number of nitrogens with one attached hydrogen (secondary N) is 2. The van der Waals surface area contributed by atoms with Crippen molar-refractivity contribution < 1.29 is 19.1 Å². The zero-order valence-electron chi connectivity index (χ0n) is 11.4. The SMILES string of the molecule is CC(Oc1ccccc1Cl)C(=O)NC1CCC(=O)NC1=O. The Morgan fingerprint density at radius 3 is 2.81 bits per heavy atom. The molecule has 2 rings (SSSR count). The van der Waals surface area contributed by atoms with Crippen molar-refractivity contribution in [2.45, 2.75) is 31.9 Å². The molecule has 3 amide bonds. The number of para-hydroxylation sites is 1. The lowest BCUT2D eigenvalue weighted by Gasteiger charge is -2.23. The summed E-state index contributed by atoms with van der Waals surface area (Å²) in [5, 5.41) is 5.14. The highest BCUT2D eigenvalue weighted by Crippen LogP contribution is 2.24. The van der Waals surface area contributed by atoms with Crippen LogP contribution in [0.4, 0.5) is 0 Å². The van der Waals surface area contributed by atoms with Gasteiger partial charge >= 0.3 is 0 Å². The molecule has 7 heteroatoms. The van der Waals surface area contributed by atoms with Crippen LogP contribution in [0.5, 0.6) is 5.75 Å². The zero-order chi connectivity index (χ0) is 15.4. The van der Waals surface area contributed by atoms with Crippen molar-refractivity contribution >= 4 is 29.3 Å². The van der Waals surface area contributed by atoms with Crippen LogP contribution in [0.15, 0.2) is 24.3 Å². The number of piperidine rings is 1. The minimum absolute atomic E-state index is 0.205. The minimum atomic E-state index is -0.810. The van der Waals surface area contributed by atoms with Crippen LogP contribution in [0, 0.1) is 0 Å². The van der Waals surface area contributed by atoms with Crippen molar-refractivity contribution in [1.29, 1.82) is 0 Å². The van der Waals surface area contributed by atoms with E-state index in [-0.39, 0.29) is 18.7 Å². The summed E-state index contributed by atoms with van der Waals surface area (Å²) in [4.78, 5) is 34.6. The Balaban J connectivity index is 1.92. The standard InChI is InChI=1S/C14H15ClN2O4/c1-8(21-11-5-3-2-4-9(11)15)13(19)16-10-6-7-12(18)17-14(10)20/h2-5,8,10H,6-7H2,1H3,(H,16,19)(H,17,18,20). The van der Waals surface area contributed by atoms with Crippen molar-refractivity contribution in [2.24, 2.45) is 0 Å². The number of rotatable bonds is 4. The number of ether oxygens (including phenoxy) is 1. The maximum Gasteiger partial charge on any atom is 0.261 e. The van der Waals surface area contributed by atoms with Gasteiger partial charge in [-0.1, -0.05) is 23.7 Å². The number of hydrogen-bond donors (Lipinski definition) is 2. The van der Waals surface area contributed by atoms with Gasteiger partial charge in [-0.25, -0.2) is 0 Å². The molecule has 1 saturated heterocycles. The van der Waals surface area contributed by atoms with Crippen molar-refractivity contribution in [3.63, 3.8) is 0 Å². The van der Waals surface area contributed by atoms with Gasteiger partial charge in [-0.05, 0) is 25.5 Å². The highest BCUT2D eigenvalue weighted by Gasteiger charge is 2.29. The molecule has 2 atom stereocenters. The van der Waals surface area contributed by atoms with Crippen molar-refractivity contribution in [3.05, 3.63) is 29.3 Å². The van der Waals surface area contributed by atoms with Crippen molar-refractivity contribution in [1.82, 2.24) is 10.6 Å². The summed E-state index contributed by atoms with van der Waals surface area (Å²) in [7, 11) is 0. The van der Waals surface area contributed by atoms with Gasteiger partial charge in [0.15, 0.2) is 6.10 Å². The molecule has 0 aliphatic carbocycles. The number of halogens is 1. The molecule has 6 nitrogen and oxygen atoms in total. The molecule has 2 unspecified atom stereocenters. The van der Waals surface area contributed by atoms with Crippen LogP contribution in [-0.4, -0.2) is 29.9 Å². The second kappa shape index (κ2) is 6.58. The second-order valence-electron chi connectivity index (χ2n) is 4.70. The fraction of sp³-hybridized carbons (Fsp3) is 0.357. The molecule has 112 valence electrons. The van der Waals surface area contributed by atoms with Gasteiger partial charge in [0.2, 0.25) is 11.8 Å². The number of benzene rings is 1. The molecular weight excluding hydrogens is 296 g/mol. The molecule has 21 heavy (non-hydrogen) atoms. The number of carbonyl (C=O) groups excluding carboxylic acids is 3. The lowest BCUT2D eigenvalue weighted by atomic mass is 10.1. The van der Waals surface area contributed by atoms with E-state index in [1.807, 2.05) is 0 Å². The van der Waals surface area contributed by atoms with E-state index in [1.54, 1.807) is 31.2 Å². The number of carbonyl (C=O) groups is 3. The van der Waals surface area contributed by atoms with Gasteiger partial charge in [0.05, 0.1) is 5.02 Å². The van der Waals surface area contributed by atoms with E-state index in [1.165, 1.54) is 0 Å². The highest BCUT2D eigenvalue weighted by molar-refractivity contribution is 6.32. The number of amides is 3. The predicted molar refractivity (Wildman–Crippen MR) is 75.9 cm³/mol. The predicted octanol–water partition coefficient (Wildman–Crippen LogP) is 1.03. The summed E-state index contributed by atoms with van der Waals surface area (Å²) < 4.78 is 5.46.